The van der Waals surface area contributed by atoms with E-state index in [4.69, 9.17) is 9.52 Å². The fraction of sp³-hybridized carbons (Fsp3) is 0.286. The standard InChI is InChI=1S/C7H8O3S/c1-11-6-2-3-10-5(6)4-7(8)9/h2-3H,4H2,1H3,(H,8,9). The molecule has 60 valence electrons. The fourth-order valence-corrected chi connectivity index (χ4v) is 1.32. The van der Waals surface area contributed by atoms with Gasteiger partial charge in [0.15, 0.2) is 0 Å². The third kappa shape index (κ3) is 2.01. The van der Waals surface area contributed by atoms with Gasteiger partial charge in [-0.05, 0) is 12.3 Å². The van der Waals surface area contributed by atoms with Crippen LogP contribution >= 0.6 is 11.8 Å². The van der Waals surface area contributed by atoms with Gasteiger partial charge in [0.25, 0.3) is 0 Å². The Hall–Kier alpha value is -0.900. The molecule has 0 aliphatic heterocycles. The summed E-state index contributed by atoms with van der Waals surface area (Å²) in [5.41, 5.74) is 0. The second-order valence-corrected chi connectivity index (χ2v) is 2.83. The van der Waals surface area contributed by atoms with Gasteiger partial charge in [0.05, 0.1) is 6.26 Å². The van der Waals surface area contributed by atoms with Crippen LogP contribution in [0, 0.1) is 0 Å². The van der Waals surface area contributed by atoms with Crippen molar-refractivity contribution < 1.29 is 14.3 Å². The summed E-state index contributed by atoms with van der Waals surface area (Å²) in [6.07, 6.45) is 3.35. The van der Waals surface area contributed by atoms with Crippen LogP contribution in [0.3, 0.4) is 0 Å². The first-order valence-electron chi connectivity index (χ1n) is 3.06. The summed E-state index contributed by atoms with van der Waals surface area (Å²) in [6, 6.07) is 1.77. The van der Waals surface area contributed by atoms with Crippen LogP contribution in [-0.2, 0) is 11.2 Å². The van der Waals surface area contributed by atoms with Crippen molar-refractivity contribution in [2.75, 3.05) is 6.26 Å². The highest BCUT2D eigenvalue weighted by molar-refractivity contribution is 7.98. The molecule has 0 bridgehead atoms. The molecule has 0 aromatic carbocycles. The largest absolute Gasteiger partial charge is 0.481 e. The summed E-state index contributed by atoms with van der Waals surface area (Å²) < 4.78 is 4.96. The van der Waals surface area contributed by atoms with Crippen LogP contribution in [0.2, 0.25) is 0 Å². The molecule has 0 saturated heterocycles. The van der Waals surface area contributed by atoms with Gasteiger partial charge < -0.3 is 9.52 Å². The molecular formula is C7H8O3S. The van der Waals surface area contributed by atoms with E-state index >= 15 is 0 Å². The summed E-state index contributed by atoms with van der Waals surface area (Å²) in [5, 5.41) is 8.44. The molecule has 0 radical (unpaired) electrons. The van der Waals surface area contributed by atoms with E-state index in [1.807, 2.05) is 6.26 Å². The number of hydrogen-bond donors (Lipinski definition) is 1. The molecule has 3 nitrogen and oxygen atoms in total. The van der Waals surface area contributed by atoms with E-state index in [1.54, 1.807) is 6.07 Å². The molecule has 0 aliphatic carbocycles. The fourth-order valence-electron chi connectivity index (χ4n) is 0.777. The van der Waals surface area contributed by atoms with Crippen molar-refractivity contribution in [3.63, 3.8) is 0 Å². The first kappa shape index (κ1) is 8.20. The van der Waals surface area contributed by atoms with Gasteiger partial charge in [-0.25, -0.2) is 0 Å². The Labute approximate surface area is 68.4 Å². The highest BCUT2D eigenvalue weighted by Crippen LogP contribution is 2.21. The summed E-state index contributed by atoms with van der Waals surface area (Å²) in [5.74, 6) is -0.333. The van der Waals surface area contributed by atoms with Gasteiger partial charge >= 0.3 is 5.97 Å². The molecule has 11 heavy (non-hydrogen) atoms. The van der Waals surface area contributed by atoms with Crippen LogP contribution in [-0.4, -0.2) is 17.3 Å². The quantitative estimate of drug-likeness (QED) is 0.704. The van der Waals surface area contributed by atoms with Crippen LogP contribution in [0.5, 0.6) is 0 Å². The normalized spacial score (nSPS) is 9.91. The Morgan fingerprint density at radius 3 is 3.09 bits per heavy atom. The second-order valence-electron chi connectivity index (χ2n) is 1.98. The van der Waals surface area contributed by atoms with Crippen LogP contribution < -0.4 is 0 Å². The molecule has 0 aliphatic rings. The number of hydrogen-bond acceptors (Lipinski definition) is 3. The summed E-state index contributed by atoms with van der Waals surface area (Å²) >= 11 is 1.49. The minimum Gasteiger partial charge on any atom is -0.481 e. The Morgan fingerprint density at radius 1 is 1.82 bits per heavy atom. The number of thioether (sulfide) groups is 1. The zero-order chi connectivity index (χ0) is 8.27. The molecule has 1 aromatic rings. The van der Waals surface area contributed by atoms with Gasteiger partial charge in [0, 0.05) is 4.90 Å². The lowest BCUT2D eigenvalue weighted by Gasteiger charge is -1.93. The molecule has 0 amide bonds. The van der Waals surface area contributed by atoms with E-state index in [0.29, 0.717) is 5.76 Å². The first-order chi connectivity index (χ1) is 5.24. The van der Waals surface area contributed by atoms with Crippen LogP contribution in [0.4, 0.5) is 0 Å². The molecular weight excluding hydrogens is 164 g/mol. The number of carboxylic acids is 1. The lowest BCUT2D eigenvalue weighted by atomic mass is 10.3. The summed E-state index contributed by atoms with van der Waals surface area (Å²) in [4.78, 5) is 11.2. The lowest BCUT2D eigenvalue weighted by Crippen LogP contribution is -1.99. The second kappa shape index (κ2) is 3.48. The van der Waals surface area contributed by atoms with E-state index in [0.717, 1.165) is 4.90 Å². The SMILES string of the molecule is CSc1ccoc1CC(=O)O. The zero-order valence-corrected chi connectivity index (χ0v) is 6.85. The third-order valence-electron chi connectivity index (χ3n) is 1.24. The summed E-state index contributed by atoms with van der Waals surface area (Å²) in [6.45, 7) is 0. The molecule has 0 unspecified atom stereocenters. The Balaban J connectivity index is 2.76. The van der Waals surface area contributed by atoms with Crippen molar-refractivity contribution in [2.24, 2.45) is 0 Å². The molecule has 1 N–H and O–H groups in total. The molecule has 4 heteroatoms. The van der Waals surface area contributed by atoms with Crippen molar-refractivity contribution >= 4 is 17.7 Å². The topological polar surface area (TPSA) is 50.4 Å². The minimum atomic E-state index is -0.866. The third-order valence-corrected chi connectivity index (χ3v) is 2.04. The van der Waals surface area contributed by atoms with Gasteiger partial charge in [0.1, 0.15) is 12.2 Å². The highest BCUT2D eigenvalue weighted by Gasteiger charge is 2.08. The average molecular weight is 172 g/mol. The first-order valence-corrected chi connectivity index (χ1v) is 4.28. The Kier molecular flexibility index (Phi) is 2.59. The number of carboxylic acid groups (broad SMARTS) is 1. The predicted octanol–water partition coefficient (Wildman–Crippen LogP) is 1.63. The van der Waals surface area contributed by atoms with Crippen molar-refractivity contribution in [2.45, 2.75) is 11.3 Å². The highest BCUT2D eigenvalue weighted by atomic mass is 32.2. The van der Waals surface area contributed by atoms with E-state index in [-0.39, 0.29) is 6.42 Å². The molecule has 0 fully saturated rings. The number of furan rings is 1. The van der Waals surface area contributed by atoms with Crippen LogP contribution in [0.1, 0.15) is 5.76 Å². The molecule has 0 spiro atoms. The van der Waals surface area contributed by atoms with Crippen molar-refractivity contribution in [1.29, 1.82) is 0 Å². The number of aliphatic carboxylic acids is 1. The van der Waals surface area contributed by atoms with Crippen LogP contribution in [0.15, 0.2) is 21.6 Å². The maximum Gasteiger partial charge on any atom is 0.311 e. The monoisotopic (exact) mass is 172 g/mol. The predicted molar refractivity (Wildman–Crippen MR) is 41.8 cm³/mol. The molecule has 1 rings (SSSR count). The average Bonchev–Trinajstić information content (AvgIpc) is 2.34. The van der Waals surface area contributed by atoms with Gasteiger partial charge in [-0.3, -0.25) is 4.79 Å². The molecule has 1 heterocycles. The smallest absolute Gasteiger partial charge is 0.311 e. The van der Waals surface area contributed by atoms with Gasteiger partial charge in [0.2, 0.25) is 0 Å². The van der Waals surface area contributed by atoms with E-state index in [1.165, 1.54) is 18.0 Å². The maximum atomic E-state index is 10.3. The van der Waals surface area contributed by atoms with Crippen molar-refractivity contribution in [1.82, 2.24) is 0 Å². The van der Waals surface area contributed by atoms with E-state index in [2.05, 4.69) is 0 Å². The van der Waals surface area contributed by atoms with Crippen molar-refractivity contribution in [3.8, 4) is 0 Å². The van der Waals surface area contributed by atoms with E-state index in [9.17, 15) is 4.79 Å². The molecule has 1 aromatic heterocycles. The van der Waals surface area contributed by atoms with Gasteiger partial charge in [-0.2, -0.15) is 0 Å². The van der Waals surface area contributed by atoms with Gasteiger partial charge in [-0.1, -0.05) is 0 Å². The minimum absolute atomic E-state index is 0.0385. The molecule has 0 saturated carbocycles. The maximum absolute atomic E-state index is 10.3. The Morgan fingerprint density at radius 2 is 2.55 bits per heavy atom. The van der Waals surface area contributed by atoms with Crippen LogP contribution in [0.25, 0.3) is 0 Å². The number of rotatable bonds is 3. The molecule has 0 atom stereocenters. The van der Waals surface area contributed by atoms with E-state index < -0.39 is 5.97 Å². The van der Waals surface area contributed by atoms with Crippen molar-refractivity contribution in [3.05, 3.63) is 18.1 Å². The number of carbonyl (C=O) groups is 1. The Bertz CT molecular complexity index is 254. The zero-order valence-electron chi connectivity index (χ0n) is 6.03. The van der Waals surface area contributed by atoms with Gasteiger partial charge in [-0.15, -0.1) is 11.8 Å². The lowest BCUT2D eigenvalue weighted by molar-refractivity contribution is -0.136. The summed E-state index contributed by atoms with van der Waals surface area (Å²) in [7, 11) is 0.